The van der Waals surface area contributed by atoms with Gasteiger partial charge in [0.25, 0.3) is 0 Å². The van der Waals surface area contributed by atoms with Crippen LogP contribution in [-0.4, -0.2) is 31.0 Å². The van der Waals surface area contributed by atoms with E-state index in [9.17, 15) is 10.1 Å². The van der Waals surface area contributed by atoms with E-state index >= 15 is 0 Å². The first-order valence-corrected chi connectivity index (χ1v) is 9.78. The number of nitriles is 1. The van der Waals surface area contributed by atoms with Gasteiger partial charge in [-0.25, -0.2) is 0 Å². The van der Waals surface area contributed by atoms with Gasteiger partial charge in [-0.2, -0.15) is 5.26 Å². The topological polar surface area (TPSA) is 94.6 Å². The molecule has 0 radical (unpaired) electrons. The summed E-state index contributed by atoms with van der Waals surface area (Å²) in [6.07, 6.45) is 2.88. The zero-order valence-corrected chi connectivity index (χ0v) is 16.8. The molecule has 0 aromatic heterocycles. The molecule has 1 atom stereocenters. The summed E-state index contributed by atoms with van der Waals surface area (Å²) in [5.74, 6) is 11.9. The van der Waals surface area contributed by atoms with Crippen molar-refractivity contribution in [2.45, 2.75) is 25.6 Å². The number of hydrogen-bond acceptors (Lipinski definition) is 6. The molecule has 0 bridgehead atoms. The van der Waals surface area contributed by atoms with Crippen molar-refractivity contribution in [2.75, 3.05) is 19.8 Å². The summed E-state index contributed by atoms with van der Waals surface area (Å²) in [5.41, 5.74) is 1.40. The SMILES string of the molecule is N#Cc1ccc(OCC#Cc2ccccc2C#CCOC2CCCCO2)c([N+](=O)[O-])c1. The predicted molar refractivity (Wildman–Crippen MR) is 113 cm³/mol. The van der Waals surface area contributed by atoms with Gasteiger partial charge >= 0.3 is 5.69 Å². The highest BCUT2D eigenvalue weighted by Gasteiger charge is 2.15. The number of ether oxygens (including phenoxy) is 3. The summed E-state index contributed by atoms with van der Waals surface area (Å²) < 4.78 is 16.6. The number of hydrogen-bond donors (Lipinski definition) is 0. The summed E-state index contributed by atoms with van der Waals surface area (Å²) in [6, 6.07) is 13.3. The molecule has 31 heavy (non-hydrogen) atoms. The second kappa shape index (κ2) is 11.4. The van der Waals surface area contributed by atoms with Crippen molar-refractivity contribution < 1.29 is 19.1 Å². The largest absolute Gasteiger partial charge is 0.474 e. The van der Waals surface area contributed by atoms with Crippen molar-refractivity contribution in [3.05, 3.63) is 69.3 Å². The Morgan fingerprint density at radius 3 is 2.48 bits per heavy atom. The van der Waals surface area contributed by atoms with E-state index in [1.165, 1.54) is 18.2 Å². The van der Waals surface area contributed by atoms with Gasteiger partial charge in [0.1, 0.15) is 13.2 Å². The summed E-state index contributed by atoms with van der Waals surface area (Å²) in [6.45, 7) is 0.957. The van der Waals surface area contributed by atoms with Crippen molar-refractivity contribution in [3.8, 4) is 35.5 Å². The molecule has 7 heteroatoms. The molecule has 1 fully saturated rings. The maximum Gasteiger partial charge on any atom is 0.312 e. The van der Waals surface area contributed by atoms with Crippen molar-refractivity contribution >= 4 is 5.69 Å². The lowest BCUT2D eigenvalue weighted by Crippen LogP contribution is -2.22. The molecule has 1 unspecified atom stereocenters. The number of nitro benzene ring substituents is 1. The fourth-order valence-corrected chi connectivity index (χ4v) is 2.91. The van der Waals surface area contributed by atoms with Gasteiger partial charge in [-0.3, -0.25) is 10.1 Å². The van der Waals surface area contributed by atoms with E-state index in [1.807, 2.05) is 30.3 Å². The van der Waals surface area contributed by atoms with E-state index in [0.717, 1.165) is 37.0 Å². The Bertz CT molecular complexity index is 1090. The standard InChI is InChI=1S/C24H20N2O5/c25-18-19-12-13-23(22(17-19)26(27)28)29-15-5-9-20-7-1-2-8-21(20)10-6-16-31-24-11-3-4-14-30-24/h1-2,7-8,12-13,17,24H,3-4,11,14-16H2. The smallest absolute Gasteiger partial charge is 0.312 e. The van der Waals surface area contributed by atoms with Crippen LogP contribution in [0.3, 0.4) is 0 Å². The zero-order chi connectivity index (χ0) is 21.9. The van der Waals surface area contributed by atoms with E-state index < -0.39 is 4.92 Å². The number of rotatable bonds is 5. The molecule has 3 rings (SSSR count). The Morgan fingerprint density at radius 2 is 1.84 bits per heavy atom. The lowest BCUT2D eigenvalue weighted by atomic mass is 10.1. The van der Waals surface area contributed by atoms with Crippen molar-refractivity contribution in [2.24, 2.45) is 0 Å². The predicted octanol–water partition coefficient (Wildman–Crippen LogP) is 3.79. The Hall–Kier alpha value is -3.83. The minimum Gasteiger partial charge on any atom is -0.474 e. The molecule has 7 nitrogen and oxygen atoms in total. The van der Waals surface area contributed by atoms with Crippen LogP contribution in [0.15, 0.2) is 42.5 Å². The Kier molecular flexibility index (Phi) is 8.03. The van der Waals surface area contributed by atoms with Crippen LogP contribution in [0.4, 0.5) is 5.69 Å². The molecule has 0 spiro atoms. The third-order valence-corrected chi connectivity index (χ3v) is 4.44. The average Bonchev–Trinajstić information content (AvgIpc) is 2.81. The van der Waals surface area contributed by atoms with Crippen LogP contribution >= 0.6 is 0 Å². The van der Waals surface area contributed by atoms with Crippen LogP contribution in [0.25, 0.3) is 0 Å². The van der Waals surface area contributed by atoms with Gasteiger partial charge < -0.3 is 14.2 Å². The van der Waals surface area contributed by atoms with E-state index in [1.54, 1.807) is 0 Å². The molecule has 2 aromatic rings. The second-order valence-electron chi connectivity index (χ2n) is 6.60. The first kappa shape index (κ1) is 21.9. The third kappa shape index (κ3) is 6.59. The van der Waals surface area contributed by atoms with Crippen LogP contribution in [0.2, 0.25) is 0 Å². The van der Waals surface area contributed by atoms with Gasteiger partial charge in [-0.1, -0.05) is 35.8 Å². The van der Waals surface area contributed by atoms with Crippen LogP contribution < -0.4 is 4.74 Å². The van der Waals surface area contributed by atoms with Crippen LogP contribution in [0, 0.1) is 45.1 Å². The van der Waals surface area contributed by atoms with Crippen LogP contribution in [0.1, 0.15) is 36.0 Å². The summed E-state index contributed by atoms with van der Waals surface area (Å²) >= 11 is 0. The molecule has 0 N–H and O–H groups in total. The lowest BCUT2D eigenvalue weighted by Gasteiger charge is -2.21. The normalized spacial score (nSPS) is 14.9. The molecule has 1 saturated heterocycles. The zero-order valence-electron chi connectivity index (χ0n) is 16.8. The highest BCUT2D eigenvalue weighted by Crippen LogP contribution is 2.27. The second-order valence-corrected chi connectivity index (χ2v) is 6.60. The Labute approximate surface area is 180 Å². The minimum absolute atomic E-state index is 0.0450. The van der Waals surface area contributed by atoms with Gasteiger partial charge in [0.05, 0.1) is 16.6 Å². The van der Waals surface area contributed by atoms with E-state index in [0.29, 0.717) is 0 Å². The molecule has 0 saturated carbocycles. The molecule has 1 aliphatic rings. The molecule has 1 aliphatic heterocycles. The first-order valence-electron chi connectivity index (χ1n) is 9.78. The highest BCUT2D eigenvalue weighted by molar-refractivity contribution is 5.52. The Morgan fingerprint density at radius 1 is 1.10 bits per heavy atom. The van der Waals surface area contributed by atoms with Gasteiger partial charge in [0, 0.05) is 23.8 Å². The van der Waals surface area contributed by atoms with E-state index in [-0.39, 0.29) is 36.5 Å². The number of nitrogens with zero attached hydrogens (tertiary/aromatic N) is 2. The maximum absolute atomic E-state index is 11.2. The van der Waals surface area contributed by atoms with E-state index in [4.69, 9.17) is 19.5 Å². The van der Waals surface area contributed by atoms with Crippen LogP contribution in [-0.2, 0) is 9.47 Å². The lowest BCUT2D eigenvalue weighted by molar-refractivity contribution is -0.385. The molecule has 0 amide bonds. The average molecular weight is 416 g/mol. The monoisotopic (exact) mass is 416 g/mol. The van der Waals surface area contributed by atoms with Crippen molar-refractivity contribution in [3.63, 3.8) is 0 Å². The van der Waals surface area contributed by atoms with Crippen LogP contribution in [0.5, 0.6) is 5.75 Å². The molecule has 156 valence electrons. The Balaban J connectivity index is 1.60. The maximum atomic E-state index is 11.2. The van der Waals surface area contributed by atoms with Gasteiger partial charge in [0.2, 0.25) is 0 Å². The highest BCUT2D eigenvalue weighted by atomic mass is 16.7. The van der Waals surface area contributed by atoms with Gasteiger partial charge in [-0.15, -0.1) is 0 Å². The van der Waals surface area contributed by atoms with Crippen molar-refractivity contribution in [1.82, 2.24) is 0 Å². The quantitative estimate of drug-likeness (QED) is 0.418. The number of nitro groups is 1. The molecular weight excluding hydrogens is 396 g/mol. The summed E-state index contributed by atoms with van der Waals surface area (Å²) in [5, 5.41) is 20.0. The molecule has 0 aliphatic carbocycles. The van der Waals surface area contributed by atoms with Crippen molar-refractivity contribution in [1.29, 1.82) is 5.26 Å². The fraction of sp³-hybridized carbons (Fsp3) is 0.292. The molecular formula is C24H20N2O5. The molecule has 2 aromatic carbocycles. The van der Waals surface area contributed by atoms with Gasteiger partial charge in [0.15, 0.2) is 12.0 Å². The summed E-state index contributed by atoms with van der Waals surface area (Å²) in [7, 11) is 0. The fourth-order valence-electron chi connectivity index (χ4n) is 2.91. The summed E-state index contributed by atoms with van der Waals surface area (Å²) in [4.78, 5) is 10.6. The third-order valence-electron chi connectivity index (χ3n) is 4.44. The number of benzene rings is 2. The molecule has 1 heterocycles. The van der Waals surface area contributed by atoms with E-state index in [2.05, 4.69) is 23.7 Å². The van der Waals surface area contributed by atoms with Gasteiger partial charge in [-0.05, 0) is 43.5 Å². The first-order chi connectivity index (χ1) is 15.2. The minimum atomic E-state index is -0.588.